The van der Waals surface area contributed by atoms with Crippen molar-refractivity contribution in [2.75, 3.05) is 5.32 Å². The van der Waals surface area contributed by atoms with Gasteiger partial charge in [-0.15, -0.1) is 11.3 Å². The highest BCUT2D eigenvalue weighted by Crippen LogP contribution is 2.39. The smallest absolute Gasteiger partial charge is 0.117 e. The maximum absolute atomic E-state index is 8.76. The fraction of sp³-hybridized carbons (Fsp3) is 0.0833. The molecule has 0 atom stereocenters. The van der Waals surface area contributed by atoms with Gasteiger partial charge in [-0.25, -0.2) is 0 Å². The van der Waals surface area contributed by atoms with Crippen LogP contribution < -0.4 is 5.32 Å². The molecule has 1 aromatic carbocycles. The summed E-state index contributed by atoms with van der Waals surface area (Å²) in [6, 6.07) is 7.33. The Labute approximate surface area is 124 Å². The van der Waals surface area contributed by atoms with Crippen LogP contribution in [-0.4, -0.2) is 0 Å². The number of hydrogen-bond acceptors (Lipinski definition) is 3. The Morgan fingerprint density at radius 1 is 1.17 bits per heavy atom. The third kappa shape index (κ3) is 2.73. The summed E-state index contributed by atoms with van der Waals surface area (Å²) in [6.07, 6.45) is 0.285. The molecule has 0 aliphatic heterocycles. The molecule has 0 aliphatic rings. The van der Waals surface area contributed by atoms with Crippen molar-refractivity contribution in [1.82, 2.24) is 0 Å². The molecule has 18 heavy (non-hydrogen) atoms. The summed E-state index contributed by atoms with van der Waals surface area (Å²) in [5, 5.41) is 14.7. The second-order valence-electron chi connectivity index (χ2n) is 3.47. The van der Waals surface area contributed by atoms with Crippen LogP contribution in [0.2, 0.25) is 14.4 Å². The molecule has 0 aliphatic carbocycles. The van der Waals surface area contributed by atoms with Gasteiger partial charge in [0.05, 0.1) is 33.9 Å². The second-order valence-corrected chi connectivity index (χ2v) is 5.76. The molecule has 1 heterocycles. The van der Waals surface area contributed by atoms with E-state index in [1.165, 1.54) is 11.3 Å². The number of halogens is 3. The zero-order chi connectivity index (χ0) is 13.1. The third-order valence-corrected chi connectivity index (χ3v) is 4.20. The SMILES string of the molecule is N#CCc1csc(Cl)c1Nc1c(Cl)cccc1Cl. The maximum Gasteiger partial charge on any atom is 0.117 e. The zero-order valence-corrected chi connectivity index (χ0v) is 12.1. The first kappa shape index (κ1) is 13.5. The van der Waals surface area contributed by atoms with E-state index >= 15 is 0 Å². The summed E-state index contributed by atoms with van der Waals surface area (Å²) in [7, 11) is 0. The van der Waals surface area contributed by atoms with Crippen molar-refractivity contribution in [2.45, 2.75) is 6.42 Å². The van der Waals surface area contributed by atoms with Crippen LogP contribution in [0.4, 0.5) is 11.4 Å². The number of thiophene rings is 1. The average molecular weight is 318 g/mol. The van der Waals surface area contributed by atoms with Gasteiger partial charge in [-0.3, -0.25) is 0 Å². The molecule has 0 radical (unpaired) electrons. The Hall–Kier alpha value is -0.920. The first-order valence-electron chi connectivity index (χ1n) is 4.97. The molecule has 0 bridgehead atoms. The summed E-state index contributed by atoms with van der Waals surface area (Å²) < 4.78 is 0.580. The largest absolute Gasteiger partial charge is 0.351 e. The maximum atomic E-state index is 8.76. The topological polar surface area (TPSA) is 35.8 Å². The van der Waals surface area contributed by atoms with Crippen LogP contribution in [0.15, 0.2) is 23.6 Å². The van der Waals surface area contributed by atoms with Gasteiger partial charge in [-0.05, 0) is 17.5 Å². The van der Waals surface area contributed by atoms with Crippen LogP contribution in [-0.2, 0) is 6.42 Å². The molecule has 6 heteroatoms. The molecular weight excluding hydrogens is 311 g/mol. The van der Waals surface area contributed by atoms with Crippen LogP contribution >= 0.6 is 46.1 Å². The van der Waals surface area contributed by atoms with Crippen molar-refractivity contribution in [3.63, 3.8) is 0 Å². The van der Waals surface area contributed by atoms with Crippen molar-refractivity contribution in [2.24, 2.45) is 0 Å². The molecule has 2 nitrogen and oxygen atoms in total. The zero-order valence-electron chi connectivity index (χ0n) is 9.01. The third-order valence-electron chi connectivity index (χ3n) is 2.30. The molecule has 0 unspecified atom stereocenters. The first-order valence-corrected chi connectivity index (χ1v) is 6.98. The average Bonchev–Trinajstić information content (AvgIpc) is 2.66. The molecule has 0 saturated heterocycles. The Bertz CT molecular complexity index is 596. The van der Waals surface area contributed by atoms with E-state index in [2.05, 4.69) is 11.4 Å². The normalized spacial score (nSPS) is 10.1. The van der Waals surface area contributed by atoms with E-state index in [9.17, 15) is 0 Å². The lowest BCUT2D eigenvalue weighted by Crippen LogP contribution is -1.95. The van der Waals surface area contributed by atoms with Crippen LogP contribution in [0.25, 0.3) is 0 Å². The molecule has 0 amide bonds. The molecule has 0 saturated carbocycles. The highest BCUT2D eigenvalue weighted by Gasteiger charge is 2.13. The Morgan fingerprint density at radius 2 is 1.83 bits per heavy atom. The van der Waals surface area contributed by atoms with Gasteiger partial charge in [-0.2, -0.15) is 5.26 Å². The van der Waals surface area contributed by atoms with E-state index in [4.69, 9.17) is 40.1 Å². The fourth-order valence-electron chi connectivity index (χ4n) is 1.45. The molecule has 2 aromatic rings. The Morgan fingerprint density at radius 3 is 2.44 bits per heavy atom. The minimum atomic E-state index is 0.285. The van der Waals surface area contributed by atoms with Gasteiger partial charge in [0.2, 0.25) is 0 Å². The molecule has 2 rings (SSSR count). The number of hydrogen-bond donors (Lipinski definition) is 1. The lowest BCUT2D eigenvalue weighted by molar-refractivity contribution is 1.28. The lowest BCUT2D eigenvalue weighted by Gasteiger charge is -2.10. The fourth-order valence-corrected chi connectivity index (χ4v) is 2.99. The minimum Gasteiger partial charge on any atom is -0.351 e. The molecule has 1 N–H and O–H groups in total. The van der Waals surface area contributed by atoms with Gasteiger partial charge in [0.15, 0.2) is 0 Å². The van der Waals surface area contributed by atoms with E-state index in [0.29, 0.717) is 25.8 Å². The number of nitrogens with one attached hydrogen (secondary N) is 1. The lowest BCUT2D eigenvalue weighted by atomic mass is 10.2. The van der Waals surface area contributed by atoms with Gasteiger partial charge < -0.3 is 5.32 Å². The summed E-state index contributed by atoms with van der Waals surface area (Å²) in [5.74, 6) is 0. The van der Waals surface area contributed by atoms with E-state index in [-0.39, 0.29) is 6.42 Å². The molecule has 0 fully saturated rings. The monoisotopic (exact) mass is 316 g/mol. The standard InChI is InChI=1S/C12H7Cl3N2S/c13-8-2-1-3-9(14)11(8)17-10-7(4-5-16)6-18-12(10)15/h1-3,6,17H,4H2. The minimum absolute atomic E-state index is 0.285. The van der Waals surface area contributed by atoms with Crippen molar-refractivity contribution < 1.29 is 0 Å². The molecule has 92 valence electrons. The van der Waals surface area contributed by atoms with Crippen molar-refractivity contribution in [1.29, 1.82) is 5.26 Å². The van der Waals surface area contributed by atoms with Crippen LogP contribution in [0, 0.1) is 11.3 Å². The summed E-state index contributed by atoms with van der Waals surface area (Å²) in [6.45, 7) is 0. The van der Waals surface area contributed by atoms with Gasteiger partial charge in [0.1, 0.15) is 4.34 Å². The molecule has 1 aromatic heterocycles. The first-order chi connectivity index (χ1) is 8.63. The molecular formula is C12H7Cl3N2S. The second kappa shape index (κ2) is 5.81. The predicted octanol–water partition coefficient (Wildman–Crippen LogP) is 5.52. The van der Waals surface area contributed by atoms with E-state index in [0.717, 1.165) is 5.56 Å². The van der Waals surface area contributed by atoms with Crippen molar-refractivity contribution >= 4 is 57.5 Å². The van der Waals surface area contributed by atoms with Gasteiger partial charge in [0, 0.05) is 5.56 Å². The van der Waals surface area contributed by atoms with Crippen LogP contribution in [0.5, 0.6) is 0 Å². The van der Waals surface area contributed by atoms with E-state index in [1.54, 1.807) is 18.2 Å². The van der Waals surface area contributed by atoms with Gasteiger partial charge in [-0.1, -0.05) is 40.9 Å². The number of rotatable bonds is 3. The molecule has 0 spiro atoms. The van der Waals surface area contributed by atoms with Gasteiger partial charge in [0.25, 0.3) is 0 Å². The van der Waals surface area contributed by atoms with E-state index in [1.807, 2.05) is 5.38 Å². The summed E-state index contributed by atoms with van der Waals surface area (Å²) >= 11 is 19.6. The highest BCUT2D eigenvalue weighted by molar-refractivity contribution is 7.15. The number of anilines is 2. The Balaban J connectivity index is 2.40. The number of nitriles is 1. The number of benzene rings is 1. The summed E-state index contributed by atoms with van der Waals surface area (Å²) in [5.41, 5.74) is 2.13. The van der Waals surface area contributed by atoms with Gasteiger partial charge >= 0.3 is 0 Å². The quantitative estimate of drug-likeness (QED) is 0.809. The Kier molecular flexibility index (Phi) is 4.36. The van der Waals surface area contributed by atoms with Crippen LogP contribution in [0.1, 0.15) is 5.56 Å². The van der Waals surface area contributed by atoms with E-state index < -0.39 is 0 Å². The van der Waals surface area contributed by atoms with Crippen molar-refractivity contribution in [3.05, 3.63) is 43.5 Å². The van der Waals surface area contributed by atoms with Crippen LogP contribution in [0.3, 0.4) is 0 Å². The highest BCUT2D eigenvalue weighted by atomic mass is 35.5. The number of para-hydroxylation sites is 1. The predicted molar refractivity (Wildman–Crippen MR) is 78.4 cm³/mol. The number of nitrogens with zero attached hydrogens (tertiary/aromatic N) is 1. The summed E-state index contributed by atoms with van der Waals surface area (Å²) in [4.78, 5) is 0. The van der Waals surface area contributed by atoms with Crippen molar-refractivity contribution in [3.8, 4) is 6.07 Å².